The molecule has 0 bridgehead atoms. The Bertz CT molecular complexity index is 20.0. The zero-order valence-electron chi connectivity index (χ0n) is 4.28. The summed E-state index contributed by atoms with van der Waals surface area (Å²) in [6.07, 6.45) is 3.33. The third kappa shape index (κ3) is 10.8. The summed E-state index contributed by atoms with van der Waals surface area (Å²) in [7, 11) is 0. The van der Waals surface area contributed by atoms with Gasteiger partial charge < -0.3 is 5.11 Å². The number of unbranched alkanes of at least 4 members (excludes halogenated alkanes) is 2. The van der Waals surface area contributed by atoms with E-state index in [0.717, 1.165) is 12.8 Å². The maximum atomic E-state index is 8.20. The van der Waals surface area contributed by atoms with Crippen molar-refractivity contribution in [1.82, 2.24) is 0 Å². The van der Waals surface area contributed by atoms with E-state index >= 15 is 0 Å². The third-order valence-corrected chi connectivity index (χ3v) is 0.762. The van der Waals surface area contributed by atoms with Crippen molar-refractivity contribution in [2.24, 2.45) is 0 Å². The van der Waals surface area contributed by atoms with Gasteiger partial charge in [0.05, 0.1) is 0 Å². The molecule has 0 saturated heterocycles. The van der Waals surface area contributed by atoms with Gasteiger partial charge in [0, 0.05) is 6.61 Å². The van der Waals surface area contributed by atoms with E-state index in [1.165, 1.54) is 6.42 Å². The fourth-order valence-corrected chi connectivity index (χ4v) is 0.362. The first-order chi connectivity index (χ1) is 2.91. The van der Waals surface area contributed by atoms with Crippen LogP contribution in [0.1, 0.15) is 26.2 Å². The molecule has 0 saturated carbocycles. The molecule has 0 aliphatic carbocycles. The van der Waals surface area contributed by atoms with Crippen molar-refractivity contribution in [1.29, 1.82) is 0 Å². The van der Waals surface area contributed by atoms with Gasteiger partial charge >= 0.3 is 19.8 Å². The molecule has 1 N–H and O–H groups in total. The van der Waals surface area contributed by atoms with Crippen molar-refractivity contribution in [3.63, 3.8) is 0 Å². The van der Waals surface area contributed by atoms with Crippen LogP contribution in [0.25, 0.3) is 0 Å². The molecule has 2 heteroatoms. The molecular formula is C5H15GaO. The normalized spacial score (nSPS) is 7.71. The Morgan fingerprint density at radius 1 is 1.29 bits per heavy atom. The van der Waals surface area contributed by atoms with Crippen LogP contribution in [0.15, 0.2) is 0 Å². The van der Waals surface area contributed by atoms with Gasteiger partial charge in [0.25, 0.3) is 0 Å². The van der Waals surface area contributed by atoms with Gasteiger partial charge in [0.2, 0.25) is 0 Å². The van der Waals surface area contributed by atoms with E-state index in [4.69, 9.17) is 5.11 Å². The number of aliphatic hydroxyl groups excluding tert-OH is 1. The van der Waals surface area contributed by atoms with Gasteiger partial charge in [0.15, 0.2) is 0 Å². The van der Waals surface area contributed by atoms with Crippen molar-refractivity contribution >= 4 is 19.8 Å². The Morgan fingerprint density at radius 2 is 1.86 bits per heavy atom. The minimum atomic E-state index is 0. The molecule has 0 heterocycles. The second-order valence-corrected chi connectivity index (χ2v) is 1.43. The average molecular weight is 161 g/mol. The molecule has 0 radical (unpaired) electrons. The quantitative estimate of drug-likeness (QED) is 0.455. The molecule has 0 aromatic heterocycles. The van der Waals surface area contributed by atoms with Crippen molar-refractivity contribution < 1.29 is 5.11 Å². The first-order valence-corrected chi connectivity index (χ1v) is 2.52. The fourth-order valence-electron chi connectivity index (χ4n) is 0.362. The Hall–Kier alpha value is 0.596. The zero-order valence-corrected chi connectivity index (χ0v) is 4.28. The topological polar surface area (TPSA) is 20.2 Å². The molecule has 0 spiro atoms. The van der Waals surface area contributed by atoms with Crippen LogP contribution < -0.4 is 0 Å². The van der Waals surface area contributed by atoms with Crippen molar-refractivity contribution in [3.05, 3.63) is 0 Å². The zero-order chi connectivity index (χ0) is 4.83. The molecule has 0 unspecified atom stereocenters. The molecule has 0 aliphatic heterocycles. The van der Waals surface area contributed by atoms with E-state index in [0.29, 0.717) is 6.61 Å². The monoisotopic (exact) mass is 160 g/mol. The van der Waals surface area contributed by atoms with Gasteiger partial charge in [-0.2, -0.15) is 0 Å². The predicted molar refractivity (Wildman–Crippen MR) is 36.5 cm³/mol. The Balaban J connectivity index is 0. The second-order valence-electron chi connectivity index (χ2n) is 1.43. The predicted octanol–water partition coefficient (Wildman–Crippen LogP) is -0.0150. The molecule has 0 aromatic carbocycles. The molecule has 7 heavy (non-hydrogen) atoms. The Kier molecular flexibility index (Phi) is 14.7. The van der Waals surface area contributed by atoms with Gasteiger partial charge in [-0.15, -0.1) is 0 Å². The third-order valence-electron chi connectivity index (χ3n) is 0.762. The standard InChI is InChI=1S/C5H12O.Ga.3H/c1-2-3-4-5-6;;;;/h6H,2-5H2,1H3;;;;. The van der Waals surface area contributed by atoms with E-state index in [1.807, 2.05) is 0 Å². The maximum absolute atomic E-state index is 8.20. The van der Waals surface area contributed by atoms with Gasteiger partial charge in [-0.1, -0.05) is 19.8 Å². The van der Waals surface area contributed by atoms with Crippen molar-refractivity contribution in [2.75, 3.05) is 6.61 Å². The molecule has 0 aliphatic rings. The van der Waals surface area contributed by atoms with Crippen LogP contribution in [0.3, 0.4) is 0 Å². The summed E-state index contributed by atoms with van der Waals surface area (Å²) >= 11 is 0. The minimum absolute atomic E-state index is 0. The van der Waals surface area contributed by atoms with Crippen molar-refractivity contribution in [3.8, 4) is 0 Å². The Labute approximate surface area is 58.2 Å². The summed E-state index contributed by atoms with van der Waals surface area (Å²) in [5.41, 5.74) is 0. The number of rotatable bonds is 3. The first-order valence-electron chi connectivity index (χ1n) is 2.52. The summed E-state index contributed by atoms with van der Waals surface area (Å²) < 4.78 is 0. The molecule has 0 fully saturated rings. The fraction of sp³-hybridized carbons (Fsp3) is 1.00. The van der Waals surface area contributed by atoms with Crippen LogP contribution >= 0.6 is 0 Å². The summed E-state index contributed by atoms with van der Waals surface area (Å²) in [4.78, 5) is 0. The molecule has 0 aromatic rings. The molecular weight excluding hydrogens is 146 g/mol. The van der Waals surface area contributed by atoms with E-state index in [2.05, 4.69) is 6.92 Å². The van der Waals surface area contributed by atoms with Crippen LogP contribution in [-0.2, 0) is 0 Å². The van der Waals surface area contributed by atoms with Crippen LogP contribution in [0, 0.1) is 0 Å². The van der Waals surface area contributed by atoms with Crippen molar-refractivity contribution in [2.45, 2.75) is 26.2 Å². The molecule has 0 amide bonds. The Morgan fingerprint density at radius 3 is 2.00 bits per heavy atom. The van der Waals surface area contributed by atoms with Gasteiger partial charge in [-0.3, -0.25) is 0 Å². The summed E-state index contributed by atoms with van der Waals surface area (Å²) in [5, 5.41) is 8.20. The number of hydrogen-bond acceptors (Lipinski definition) is 1. The summed E-state index contributed by atoms with van der Waals surface area (Å²) in [6, 6.07) is 0. The van der Waals surface area contributed by atoms with Gasteiger partial charge in [-0.05, 0) is 6.42 Å². The molecule has 1 nitrogen and oxygen atoms in total. The molecule has 0 rings (SSSR count). The average Bonchev–Trinajstić information content (AvgIpc) is 1.61. The van der Waals surface area contributed by atoms with E-state index in [1.54, 1.807) is 0 Å². The van der Waals surface area contributed by atoms with Gasteiger partial charge in [0.1, 0.15) is 0 Å². The summed E-state index contributed by atoms with van der Waals surface area (Å²) in [6.45, 7) is 2.48. The first kappa shape index (κ1) is 10.6. The second kappa shape index (κ2) is 9.78. The number of hydrogen-bond donors (Lipinski definition) is 1. The van der Waals surface area contributed by atoms with Gasteiger partial charge in [-0.25, -0.2) is 0 Å². The van der Waals surface area contributed by atoms with Crippen LogP contribution in [0.2, 0.25) is 0 Å². The van der Waals surface area contributed by atoms with E-state index < -0.39 is 0 Å². The van der Waals surface area contributed by atoms with E-state index in [-0.39, 0.29) is 19.8 Å². The molecule has 0 atom stereocenters. The van der Waals surface area contributed by atoms with Crippen LogP contribution in [-0.4, -0.2) is 31.5 Å². The SMILES string of the molecule is CCCCCO.[GaH3]. The van der Waals surface area contributed by atoms with Crippen LogP contribution in [0.5, 0.6) is 0 Å². The van der Waals surface area contributed by atoms with E-state index in [9.17, 15) is 0 Å². The number of aliphatic hydroxyl groups is 1. The molecule has 44 valence electrons. The van der Waals surface area contributed by atoms with Crippen LogP contribution in [0.4, 0.5) is 0 Å². The summed E-state index contributed by atoms with van der Waals surface area (Å²) in [5.74, 6) is 0.